The summed E-state index contributed by atoms with van der Waals surface area (Å²) in [6, 6.07) is 2.15. The number of hydrogen-bond donors (Lipinski definition) is 1. The fourth-order valence-electron chi connectivity index (χ4n) is 2.15. The Balaban J connectivity index is 1.97. The predicted octanol–water partition coefficient (Wildman–Crippen LogP) is 0.549. The van der Waals surface area contributed by atoms with Crippen molar-refractivity contribution in [2.75, 3.05) is 13.1 Å². The second-order valence-electron chi connectivity index (χ2n) is 4.75. The molecule has 1 aromatic rings. The molecule has 0 unspecified atom stereocenters. The number of likely N-dealkylation sites (tertiary alicyclic amines) is 1. The Morgan fingerprint density at radius 3 is 2.67 bits per heavy atom. The van der Waals surface area contributed by atoms with Gasteiger partial charge in [-0.3, -0.25) is 9.58 Å². The third-order valence-electron chi connectivity index (χ3n) is 2.90. The highest BCUT2D eigenvalue weighted by atomic mass is 16.3. The van der Waals surface area contributed by atoms with Crippen LogP contribution in [-0.2, 0) is 20.0 Å². The van der Waals surface area contributed by atoms with Crippen molar-refractivity contribution in [3.05, 3.63) is 17.5 Å². The first-order valence-electron chi connectivity index (χ1n) is 5.47. The Hall–Kier alpha value is -0.870. The molecule has 84 valence electrons. The van der Waals surface area contributed by atoms with Crippen molar-refractivity contribution < 1.29 is 5.11 Å². The van der Waals surface area contributed by atoms with Gasteiger partial charge in [0.05, 0.1) is 17.0 Å². The van der Waals surface area contributed by atoms with Gasteiger partial charge in [0.1, 0.15) is 0 Å². The molecule has 0 aromatic carbocycles. The molecule has 0 atom stereocenters. The highest BCUT2D eigenvalue weighted by Crippen LogP contribution is 2.22. The van der Waals surface area contributed by atoms with Crippen molar-refractivity contribution in [3.63, 3.8) is 0 Å². The minimum absolute atomic E-state index is 0.480. The van der Waals surface area contributed by atoms with Gasteiger partial charge in [-0.2, -0.15) is 5.10 Å². The minimum Gasteiger partial charge on any atom is -0.388 e. The van der Waals surface area contributed by atoms with E-state index in [1.807, 2.05) is 18.7 Å². The zero-order valence-electron chi connectivity index (χ0n) is 9.69. The van der Waals surface area contributed by atoms with Crippen LogP contribution in [0.1, 0.15) is 25.2 Å². The SMILES string of the molecule is CCc1cc(CN2CC(C)(O)C2)n(C)n1. The van der Waals surface area contributed by atoms with E-state index in [0.29, 0.717) is 0 Å². The Morgan fingerprint density at radius 1 is 1.53 bits per heavy atom. The Bertz CT molecular complexity index is 349. The zero-order chi connectivity index (χ0) is 11.1. The van der Waals surface area contributed by atoms with Gasteiger partial charge in [0.2, 0.25) is 0 Å². The number of rotatable bonds is 3. The number of nitrogens with zero attached hydrogens (tertiary/aromatic N) is 3. The van der Waals surface area contributed by atoms with Gasteiger partial charge in [-0.1, -0.05) is 6.92 Å². The third kappa shape index (κ3) is 2.21. The fraction of sp³-hybridized carbons (Fsp3) is 0.727. The van der Waals surface area contributed by atoms with Crippen LogP contribution >= 0.6 is 0 Å². The van der Waals surface area contributed by atoms with Gasteiger partial charge in [-0.15, -0.1) is 0 Å². The molecule has 4 nitrogen and oxygen atoms in total. The van der Waals surface area contributed by atoms with E-state index >= 15 is 0 Å². The standard InChI is InChI=1S/C11H19N3O/c1-4-9-5-10(13(3)12-9)6-14-7-11(2,15)8-14/h5,15H,4,6-8H2,1-3H3. The molecule has 0 aliphatic carbocycles. The van der Waals surface area contributed by atoms with E-state index < -0.39 is 5.60 Å². The number of aromatic nitrogens is 2. The number of hydrogen-bond acceptors (Lipinski definition) is 3. The summed E-state index contributed by atoms with van der Waals surface area (Å²) < 4.78 is 1.94. The minimum atomic E-state index is -0.480. The first-order chi connectivity index (χ1) is 7.00. The monoisotopic (exact) mass is 209 g/mol. The van der Waals surface area contributed by atoms with Crippen LogP contribution in [0.5, 0.6) is 0 Å². The zero-order valence-corrected chi connectivity index (χ0v) is 9.69. The normalized spacial score (nSPS) is 20.3. The molecule has 4 heteroatoms. The molecular weight excluding hydrogens is 190 g/mol. The maximum Gasteiger partial charge on any atom is 0.0872 e. The van der Waals surface area contributed by atoms with E-state index in [9.17, 15) is 5.11 Å². The first-order valence-corrected chi connectivity index (χ1v) is 5.47. The second kappa shape index (κ2) is 3.61. The molecular formula is C11H19N3O. The Morgan fingerprint density at radius 2 is 2.20 bits per heavy atom. The Labute approximate surface area is 90.5 Å². The topological polar surface area (TPSA) is 41.3 Å². The van der Waals surface area contributed by atoms with Crippen LogP contribution in [0.25, 0.3) is 0 Å². The van der Waals surface area contributed by atoms with Crippen molar-refractivity contribution in [1.29, 1.82) is 0 Å². The van der Waals surface area contributed by atoms with E-state index in [1.54, 1.807) is 0 Å². The van der Waals surface area contributed by atoms with Gasteiger partial charge >= 0.3 is 0 Å². The van der Waals surface area contributed by atoms with Crippen LogP contribution in [0, 0.1) is 0 Å². The predicted molar refractivity (Wildman–Crippen MR) is 58.5 cm³/mol. The van der Waals surface area contributed by atoms with Crippen LogP contribution in [-0.4, -0.2) is 38.5 Å². The third-order valence-corrected chi connectivity index (χ3v) is 2.90. The van der Waals surface area contributed by atoms with Gasteiger partial charge in [0.15, 0.2) is 0 Å². The lowest BCUT2D eigenvalue weighted by Gasteiger charge is -2.44. The summed E-state index contributed by atoms with van der Waals surface area (Å²) in [5.41, 5.74) is 1.88. The molecule has 1 N–H and O–H groups in total. The van der Waals surface area contributed by atoms with Crippen molar-refractivity contribution >= 4 is 0 Å². The quantitative estimate of drug-likeness (QED) is 0.790. The summed E-state index contributed by atoms with van der Waals surface area (Å²) in [6.45, 7) is 6.41. The van der Waals surface area contributed by atoms with Crippen molar-refractivity contribution in [1.82, 2.24) is 14.7 Å². The summed E-state index contributed by atoms with van der Waals surface area (Å²) >= 11 is 0. The molecule has 0 radical (unpaired) electrons. The molecule has 2 heterocycles. The summed E-state index contributed by atoms with van der Waals surface area (Å²) in [5, 5.41) is 14.0. The first kappa shape index (κ1) is 10.6. The fourth-order valence-corrected chi connectivity index (χ4v) is 2.15. The highest BCUT2D eigenvalue weighted by Gasteiger charge is 2.36. The summed E-state index contributed by atoms with van der Waals surface area (Å²) in [5.74, 6) is 0. The van der Waals surface area contributed by atoms with E-state index in [2.05, 4.69) is 23.0 Å². The molecule has 1 saturated heterocycles. The van der Waals surface area contributed by atoms with Crippen molar-refractivity contribution in [3.8, 4) is 0 Å². The van der Waals surface area contributed by atoms with Crippen LogP contribution in [0.4, 0.5) is 0 Å². The van der Waals surface area contributed by atoms with E-state index in [4.69, 9.17) is 0 Å². The largest absolute Gasteiger partial charge is 0.388 e. The van der Waals surface area contributed by atoms with Crippen molar-refractivity contribution in [2.24, 2.45) is 7.05 Å². The molecule has 1 fully saturated rings. The lowest BCUT2D eigenvalue weighted by Crippen LogP contribution is -2.59. The summed E-state index contributed by atoms with van der Waals surface area (Å²) in [4.78, 5) is 2.23. The molecule has 15 heavy (non-hydrogen) atoms. The summed E-state index contributed by atoms with van der Waals surface area (Å²) in [7, 11) is 1.98. The summed E-state index contributed by atoms with van der Waals surface area (Å²) in [6.07, 6.45) is 0.978. The number of aryl methyl sites for hydroxylation is 2. The van der Waals surface area contributed by atoms with Gasteiger partial charge in [-0.25, -0.2) is 0 Å². The van der Waals surface area contributed by atoms with E-state index in [1.165, 1.54) is 5.69 Å². The van der Waals surface area contributed by atoms with Crippen LogP contribution in [0.3, 0.4) is 0 Å². The van der Waals surface area contributed by atoms with Crippen LogP contribution in [0.2, 0.25) is 0 Å². The molecule has 2 rings (SSSR count). The molecule has 0 amide bonds. The molecule has 1 aliphatic heterocycles. The number of aliphatic hydroxyl groups is 1. The average Bonchev–Trinajstić information content (AvgIpc) is 2.44. The van der Waals surface area contributed by atoms with Crippen LogP contribution in [0.15, 0.2) is 6.07 Å². The molecule has 1 aromatic heterocycles. The van der Waals surface area contributed by atoms with E-state index in [0.717, 1.165) is 31.7 Å². The van der Waals surface area contributed by atoms with Crippen molar-refractivity contribution in [2.45, 2.75) is 32.4 Å². The second-order valence-corrected chi connectivity index (χ2v) is 4.75. The average molecular weight is 209 g/mol. The van der Waals surface area contributed by atoms with Gasteiger partial charge in [0, 0.05) is 26.7 Å². The Kier molecular flexibility index (Phi) is 2.56. The van der Waals surface area contributed by atoms with E-state index in [-0.39, 0.29) is 0 Å². The molecule has 0 spiro atoms. The molecule has 1 aliphatic rings. The smallest absolute Gasteiger partial charge is 0.0872 e. The van der Waals surface area contributed by atoms with Gasteiger partial charge < -0.3 is 5.11 Å². The van der Waals surface area contributed by atoms with Gasteiger partial charge in [0.25, 0.3) is 0 Å². The van der Waals surface area contributed by atoms with Crippen LogP contribution < -0.4 is 0 Å². The lowest BCUT2D eigenvalue weighted by molar-refractivity contribution is -0.0879. The number of β-amino-alcohol motifs (C(OH)–C–C–N with tert-alkyl or cyclic N) is 1. The maximum absolute atomic E-state index is 9.62. The van der Waals surface area contributed by atoms with Gasteiger partial charge in [-0.05, 0) is 19.4 Å². The lowest BCUT2D eigenvalue weighted by atomic mass is 9.97. The highest BCUT2D eigenvalue weighted by molar-refractivity contribution is 5.11. The molecule has 0 saturated carbocycles. The maximum atomic E-state index is 9.62. The molecule has 0 bridgehead atoms.